The van der Waals surface area contributed by atoms with Crippen LogP contribution < -0.4 is 10.5 Å². The first-order valence-electron chi connectivity index (χ1n) is 7.29. The van der Waals surface area contributed by atoms with Crippen molar-refractivity contribution in [3.05, 3.63) is 23.8 Å². The van der Waals surface area contributed by atoms with Crippen molar-refractivity contribution in [2.45, 2.75) is 46.1 Å². The third-order valence-corrected chi connectivity index (χ3v) is 4.25. The number of ether oxygens (including phenoxy) is 1. The van der Waals surface area contributed by atoms with E-state index in [1.165, 1.54) is 0 Å². The lowest BCUT2D eigenvalue weighted by Gasteiger charge is -2.37. The minimum atomic E-state index is -0.719. The van der Waals surface area contributed by atoms with E-state index in [-0.39, 0.29) is 17.5 Å². The molecule has 0 saturated heterocycles. The van der Waals surface area contributed by atoms with Crippen LogP contribution in [0.2, 0.25) is 0 Å². The molecule has 1 aliphatic carbocycles. The fraction of sp³-hybridized carbons (Fsp3) is 0.625. The molecule has 4 heteroatoms. The van der Waals surface area contributed by atoms with Gasteiger partial charge in [0.2, 0.25) is 0 Å². The van der Waals surface area contributed by atoms with E-state index in [2.05, 4.69) is 20.8 Å². The Hall–Kier alpha value is -1.32. The molecular formula is C16H23F2NO. The molecule has 2 N–H and O–H groups in total. The van der Waals surface area contributed by atoms with E-state index in [4.69, 9.17) is 10.5 Å². The number of anilines is 1. The van der Waals surface area contributed by atoms with Gasteiger partial charge in [0, 0.05) is 17.8 Å². The number of rotatable bonds is 3. The van der Waals surface area contributed by atoms with E-state index in [1.54, 1.807) is 0 Å². The van der Waals surface area contributed by atoms with Crippen LogP contribution in [0.15, 0.2) is 12.1 Å². The monoisotopic (exact) mass is 283 g/mol. The highest BCUT2D eigenvalue weighted by Crippen LogP contribution is 2.37. The molecule has 0 amide bonds. The molecule has 0 heterocycles. The Morgan fingerprint density at radius 3 is 2.35 bits per heavy atom. The van der Waals surface area contributed by atoms with Crippen molar-refractivity contribution in [3.8, 4) is 5.75 Å². The van der Waals surface area contributed by atoms with Crippen LogP contribution in [-0.4, -0.2) is 6.10 Å². The summed E-state index contributed by atoms with van der Waals surface area (Å²) in [6.45, 7) is 6.42. The van der Waals surface area contributed by atoms with Gasteiger partial charge in [-0.25, -0.2) is 8.78 Å². The second-order valence-corrected chi connectivity index (χ2v) is 6.30. The second kappa shape index (κ2) is 5.98. The fourth-order valence-corrected chi connectivity index (χ4v) is 3.09. The highest BCUT2D eigenvalue weighted by molar-refractivity contribution is 5.44. The normalized spacial score (nSPS) is 26.8. The maximum Gasteiger partial charge on any atom is 0.191 e. The van der Waals surface area contributed by atoms with Crippen molar-refractivity contribution in [1.82, 2.24) is 0 Å². The van der Waals surface area contributed by atoms with Crippen molar-refractivity contribution >= 4 is 5.69 Å². The molecule has 0 spiro atoms. The molecule has 3 unspecified atom stereocenters. The summed E-state index contributed by atoms with van der Waals surface area (Å²) in [6.07, 6.45) is 2.90. The van der Waals surface area contributed by atoms with Crippen molar-refractivity contribution in [2.24, 2.45) is 17.8 Å². The van der Waals surface area contributed by atoms with Gasteiger partial charge in [-0.2, -0.15) is 0 Å². The predicted molar refractivity (Wildman–Crippen MR) is 76.5 cm³/mol. The molecule has 2 rings (SSSR count). The van der Waals surface area contributed by atoms with Crippen LogP contribution >= 0.6 is 0 Å². The largest absolute Gasteiger partial charge is 0.484 e. The lowest BCUT2D eigenvalue weighted by atomic mass is 9.75. The molecule has 0 aromatic heterocycles. The molecule has 1 aromatic rings. The Morgan fingerprint density at radius 2 is 1.80 bits per heavy atom. The smallest absolute Gasteiger partial charge is 0.191 e. The van der Waals surface area contributed by atoms with Crippen LogP contribution in [0.25, 0.3) is 0 Å². The van der Waals surface area contributed by atoms with Gasteiger partial charge in [0.1, 0.15) is 6.10 Å². The summed E-state index contributed by atoms with van der Waals surface area (Å²) in [5.41, 5.74) is 5.50. The summed E-state index contributed by atoms with van der Waals surface area (Å²) in [6, 6.07) is 2.21. The maximum atomic E-state index is 13.8. The third-order valence-electron chi connectivity index (χ3n) is 4.25. The average molecular weight is 283 g/mol. The lowest BCUT2D eigenvalue weighted by molar-refractivity contribution is 0.0400. The van der Waals surface area contributed by atoms with Crippen LogP contribution in [0.3, 0.4) is 0 Å². The summed E-state index contributed by atoms with van der Waals surface area (Å²) in [5, 5.41) is 0. The Balaban J connectivity index is 2.22. The highest BCUT2D eigenvalue weighted by Gasteiger charge is 2.33. The van der Waals surface area contributed by atoms with E-state index >= 15 is 0 Å². The predicted octanol–water partition coefficient (Wildman–Crippen LogP) is 4.39. The van der Waals surface area contributed by atoms with Gasteiger partial charge in [-0.1, -0.05) is 27.2 Å². The summed E-state index contributed by atoms with van der Waals surface area (Å²) >= 11 is 0. The van der Waals surface area contributed by atoms with Gasteiger partial charge in [-0.3, -0.25) is 0 Å². The number of hydrogen-bond acceptors (Lipinski definition) is 2. The van der Waals surface area contributed by atoms with E-state index in [0.29, 0.717) is 17.8 Å². The average Bonchev–Trinajstić information content (AvgIpc) is 2.33. The minimum absolute atomic E-state index is 0.0739. The Labute approximate surface area is 119 Å². The number of nitrogens with two attached hydrogens (primary N) is 1. The van der Waals surface area contributed by atoms with Crippen molar-refractivity contribution in [3.63, 3.8) is 0 Å². The van der Waals surface area contributed by atoms with Gasteiger partial charge in [-0.15, -0.1) is 0 Å². The third kappa shape index (κ3) is 3.22. The second-order valence-electron chi connectivity index (χ2n) is 6.30. The van der Waals surface area contributed by atoms with Gasteiger partial charge in [0.15, 0.2) is 17.4 Å². The minimum Gasteiger partial charge on any atom is -0.484 e. The van der Waals surface area contributed by atoms with Gasteiger partial charge >= 0.3 is 0 Å². The van der Waals surface area contributed by atoms with Crippen LogP contribution in [-0.2, 0) is 0 Å². The topological polar surface area (TPSA) is 35.2 Å². The Bertz CT molecular complexity index is 453. The zero-order valence-electron chi connectivity index (χ0n) is 12.3. The van der Waals surface area contributed by atoms with E-state index in [9.17, 15) is 8.78 Å². The van der Waals surface area contributed by atoms with Crippen LogP contribution in [0.5, 0.6) is 5.75 Å². The highest BCUT2D eigenvalue weighted by atomic mass is 19.1. The summed E-state index contributed by atoms with van der Waals surface area (Å²) in [7, 11) is 0. The SMILES string of the molecule is CC1CCC(C(C)C)C(Oc2c(F)cc(N)cc2F)C1. The first-order valence-corrected chi connectivity index (χ1v) is 7.29. The zero-order valence-corrected chi connectivity index (χ0v) is 12.3. The fourth-order valence-electron chi connectivity index (χ4n) is 3.09. The molecule has 0 aliphatic heterocycles. The maximum absolute atomic E-state index is 13.8. The van der Waals surface area contributed by atoms with Gasteiger partial charge in [-0.05, 0) is 30.6 Å². The van der Waals surface area contributed by atoms with Crippen LogP contribution in [0, 0.1) is 29.4 Å². The molecule has 1 saturated carbocycles. The molecule has 1 aliphatic rings. The van der Waals surface area contributed by atoms with Crippen molar-refractivity contribution in [1.29, 1.82) is 0 Å². The summed E-state index contributed by atoms with van der Waals surface area (Å²) in [5.74, 6) is -0.430. The van der Waals surface area contributed by atoms with E-state index in [1.807, 2.05) is 0 Å². The van der Waals surface area contributed by atoms with Crippen LogP contribution in [0.1, 0.15) is 40.0 Å². The Kier molecular flexibility index (Phi) is 4.51. The van der Waals surface area contributed by atoms with E-state index in [0.717, 1.165) is 31.4 Å². The van der Waals surface area contributed by atoms with Crippen LogP contribution in [0.4, 0.5) is 14.5 Å². The molecule has 0 bridgehead atoms. The first kappa shape index (κ1) is 15.1. The van der Waals surface area contributed by atoms with Gasteiger partial charge in [0.05, 0.1) is 0 Å². The standard InChI is InChI=1S/C16H23F2NO/c1-9(2)12-5-4-10(3)6-15(12)20-16-13(17)7-11(19)8-14(16)18/h7-10,12,15H,4-6,19H2,1-3H3. The molecule has 1 fully saturated rings. The van der Waals surface area contributed by atoms with Crippen molar-refractivity contribution in [2.75, 3.05) is 5.73 Å². The molecule has 20 heavy (non-hydrogen) atoms. The van der Waals surface area contributed by atoms with Gasteiger partial charge in [0.25, 0.3) is 0 Å². The number of benzene rings is 1. The van der Waals surface area contributed by atoms with Gasteiger partial charge < -0.3 is 10.5 Å². The molecule has 0 radical (unpaired) electrons. The first-order chi connectivity index (χ1) is 9.38. The lowest BCUT2D eigenvalue weighted by Crippen LogP contribution is -2.36. The van der Waals surface area contributed by atoms with E-state index < -0.39 is 11.6 Å². The zero-order chi connectivity index (χ0) is 14.9. The summed E-state index contributed by atoms with van der Waals surface area (Å²) < 4.78 is 33.4. The molecule has 3 atom stereocenters. The number of halogens is 2. The quantitative estimate of drug-likeness (QED) is 0.835. The van der Waals surface area contributed by atoms with Crippen molar-refractivity contribution < 1.29 is 13.5 Å². The number of nitrogen functional groups attached to an aromatic ring is 1. The molecule has 2 nitrogen and oxygen atoms in total. The molecule has 1 aromatic carbocycles. The Morgan fingerprint density at radius 1 is 1.20 bits per heavy atom. The molecular weight excluding hydrogens is 260 g/mol. The summed E-state index contributed by atoms with van der Waals surface area (Å²) in [4.78, 5) is 0. The molecule has 112 valence electrons. The number of hydrogen-bond donors (Lipinski definition) is 1.